The molecule has 2 atom stereocenters. The molecule has 2 unspecified atom stereocenters. The maximum Gasteiger partial charge on any atom is 0.234 e. The lowest BCUT2D eigenvalue weighted by Gasteiger charge is -2.42. The molecule has 1 fully saturated rings. The van der Waals surface area contributed by atoms with Gasteiger partial charge < -0.3 is 11.1 Å². The zero-order chi connectivity index (χ0) is 18.0. The van der Waals surface area contributed by atoms with E-state index in [1.54, 1.807) is 0 Å². The van der Waals surface area contributed by atoms with E-state index < -0.39 is 0 Å². The molecule has 134 valence electrons. The molecule has 3 rings (SSSR count). The number of hydrogen-bond acceptors (Lipinski definition) is 3. The number of nitrogens with two attached hydrogens (primary N) is 1. The van der Waals surface area contributed by atoms with Crippen molar-refractivity contribution in [2.75, 3.05) is 19.6 Å². The van der Waals surface area contributed by atoms with Crippen LogP contribution in [0.4, 0.5) is 0 Å². The van der Waals surface area contributed by atoms with Gasteiger partial charge in [0, 0.05) is 19.1 Å². The monoisotopic (exact) mass is 339 g/mol. The molecule has 2 aromatic rings. The zero-order valence-electron chi connectivity index (χ0n) is 15.5. The number of likely N-dealkylation sites (tertiary alicyclic amines) is 1. The van der Waals surface area contributed by atoms with Crippen molar-refractivity contribution in [3.63, 3.8) is 0 Å². The minimum absolute atomic E-state index is 0.0151. The second kappa shape index (κ2) is 7.14. The van der Waals surface area contributed by atoms with E-state index in [2.05, 4.69) is 61.3 Å². The van der Waals surface area contributed by atoms with E-state index in [-0.39, 0.29) is 23.4 Å². The minimum Gasteiger partial charge on any atom is -0.348 e. The van der Waals surface area contributed by atoms with E-state index >= 15 is 0 Å². The van der Waals surface area contributed by atoms with Gasteiger partial charge in [-0.05, 0) is 35.1 Å². The molecule has 1 aliphatic heterocycles. The van der Waals surface area contributed by atoms with E-state index in [9.17, 15) is 4.79 Å². The van der Waals surface area contributed by atoms with Crippen molar-refractivity contribution in [2.24, 2.45) is 11.1 Å². The maximum absolute atomic E-state index is 12.5. The Morgan fingerprint density at radius 2 is 2.00 bits per heavy atom. The van der Waals surface area contributed by atoms with E-state index in [0.717, 1.165) is 25.1 Å². The summed E-state index contributed by atoms with van der Waals surface area (Å²) >= 11 is 0. The van der Waals surface area contributed by atoms with Crippen LogP contribution < -0.4 is 11.1 Å². The summed E-state index contributed by atoms with van der Waals surface area (Å²) < 4.78 is 0. The van der Waals surface area contributed by atoms with Crippen LogP contribution in [0.1, 0.15) is 38.8 Å². The standard InChI is InChI=1S/C21H29N3O/c1-15(17-10-6-8-16-7-4-5-9-18(16)17)23-20(25)13-24-12-11-19(22)21(2,3)14-24/h4-10,15,19H,11-14,22H2,1-3H3,(H,23,25). The molecule has 1 saturated heterocycles. The zero-order valence-corrected chi connectivity index (χ0v) is 15.5. The molecule has 0 saturated carbocycles. The summed E-state index contributed by atoms with van der Waals surface area (Å²) in [5.74, 6) is 0.0757. The molecule has 0 radical (unpaired) electrons. The maximum atomic E-state index is 12.5. The van der Waals surface area contributed by atoms with Gasteiger partial charge in [-0.2, -0.15) is 0 Å². The molecule has 3 N–H and O–H groups in total. The van der Waals surface area contributed by atoms with Crippen LogP contribution in [0, 0.1) is 5.41 Å². The van der Waals surface area contributed by atoms with Crippen LogP contribution in [0.25, 0.3) is 10.8 Å². The fourth-order valence-corrected chi connectivity index (χ4v) is 3.82. The van der Waals surface area contributed by atoms with Crippen LogP contribution in [0.15, 0.2) is 42.5 Å². The Bertz CT molecular complexity index is 750. The molecule has 4 nitrogen and oxygen atoms in total. The molecule has 2 aromatic carbocycles. The van der Waals surface area contributed by atoms with Crippen LogP contribution in [-0.2, 0) is 4.79 Å². The lowest BCUT2D eigenvalue weighted by molar-refractivity contribution is -0.123. The average molecular weight is 339 g/mol. The number of hydrogen-bond donors (Lipinski definition) is 2. The molecule has 1 amide bonds. The van der Waals surface area contributed by atoms with Gasteiger partial charge in [0.2, 0.25) is 5.91 Å². The van der Waals surface area contributed by atoms with Crippen molar-refractivity contribution >= 4 is 16.7 Å². The second-order valence-corrected chi connectivity index (χ2v) is 7.95. The van der Waals surface area contributed by atoms with Crippen LogP contribution in [0.2, 0.25) is 0 Å². The number of benzene rings is 2. The van der Waals surface area contributed by atoms with Gasteiger partial charge in [0.1, 0.15) is 0 Å². The van der Waals surface area contributed by atoms with Crippen LogP contribution in [0.3, 0.4) is 0 Å². The second-order valence-electron chi connectivity index (χ2n) is 7.95. The predicted octanol–water partition coefficient (Wildman–Crippen LogP) is 3.08. The first-order valence-electron chi connectivity index (χ1n) is 9.12. The summed E-state index contributed by atoms with van der Waals surface area (Å²) in [4.78, 5) is 14.8. The average Bonchev–Trinajstić information content (AvgIpc) is 2.57. The Morgan fingerprint density at radius 3 is 2.76 bits per heavy atom. The van der Waals surface area contributed by atoms with E-state index in [0.29, 0.717) is 6.54 Å². The van der Waals surface area contributed by atoms with Crippen LogP contribution >= 0.6 is 0 Å². The molecule has 1 aliphatic rings. The molecule has 0 bridgehead atoms. The van der Waals surface area contributed by atoms with E-state index in [4.69, 9.17) is 5.73 Å². The van der Waals surface area contributed by atoms with Crippen molar-refractivity contribution in [3.05, 3.63) is 48.0 Å². The van der Waals surface area contributed by atoms with Crippen molar-refractivity contribution < 1.29 is 4.79 Å². The van der Waals surface area contributed by atoms with Crippen molar-refractivity contribution in [3.8, 4) is 0 Å². The van der Waals surface area contributed by atoms with Gasteiger partial charge >= 0.3 is 0 Å². The van der Waals surface area contributed by atoms with E-state index in [1.165, 1.54) is 10.8 Å². The first-order chi connectivity index (χ1) is 11.9. The van der Waals surface area contributed by atoms with Crippen molar-refractivity contribution in [2.45, 2.75) is 39.3 Å². The van der Waals surface area contributed by atoms with Crippen molar-refractivity contribution in [1.82, 2.24) is 10.2 Å². The summed E-state index contributed by atoms with van der Waals surface area (Å²) in [6.07, 6.45) is 0.944. The van der Waals surface area contributed by atoms with Gasteiger partial charge in [0.25, 0.3) is 0 Å². The quantitative estimate of drug-likeness (QED) is 0.900. The highest BCUT2D eigenvalue weighted by molar-refractivity contribution is 5.87. The highest BCUT2D eigenvalue weighted by Crippen LogP contribution is 2.28. The topological polar surface area (TPSA) is 58.4 Å². The van der Waals surface area contributed by atoms with Gasteiger partial charge in [-0.1, -0.05) is 56.3 Å². The number of amides is 1. The lowest BCUT2D eigenvalue weighted by Crippen LogP contribution is -2.54. The van der Waals surface area contributed by atoms with Crippen LogP contribution in [-0.4, -0.2) is 36.5 Å². The Kier molecular flexibility index (Phi) is 5.11. The Balaban J connectivity index is 1.65. The van der Waals surface area contributed by atoms with Gasteiger partial charge in [-0.25, -0.2) is 0 Å². The number of piperidine rings is 1. The summed E-state index contributed by atoms with van der Waals surface area (Å²) in [5, 5.41) is 5.56. The Hall–Kier alpha value is -1.91. The first-order valence-corrected chi connectivity index (χ1v) is 9.12. The lowest BCUT2D eigenvalue weighted by atomic mass is 9.80. The number of fused-ring (bicyclic) bond motifs is 1. The Labute approximate surface area is 150 Å². The molecule has 4 heteroatoms. The highest BCUT2D eigenvalue weighted by atomic mass is 16.2. The first kappa shape index (κ1) is 17.9. The molecular formula is C21H29N3O. The third-order valence-corrected chi connectivity index (χ3v) is 5.43. The van der Waals surface area contributed by atoms with Gasteiger partial charge in [-0.15, -0.1) is 0 Å². The van der Waals surface area contributed by atoms with E-state index in [1.807, 2.05) is 12.1 Å². The van der Waals surface area contributed by atoms with Gasteiger partial charge in [-0.3, -0.25) is 9.69 Å². The summed E-state index contributed by atoms with van der Waals surface area (Å²) in [7, 11) is 0. The minimum atomic E-state index is -0.0151. The third-order valence-electron chi connectivity index (χ3n) is 5.43. The normalized spacial score (nSPS) is 21.8. The van der Waals surface area contributed by atoms with Gasteiger partial charge in [0.05, 0.1) is 12.6 Å². The number of carbonyl (C=O) groups excluding carboxylic acids is 1. The smallest absolute Gasteiger partial charge is 0.234 e. The summed E-state index contributed by atoms with van der Waals surface area (Å²) in [5.41, 5.74) is 7.40. The number of nitrogens with one attached hydrogen (secondary N) is 1. The fourth-order valence-electron chi connectivity index (χ4n) is 3.82. The fraction of sp³-hybridized carbons (Fsp3) is 0.476. The summed E-state index contributed by atoms with van der Waals surface area (Å²) in [6.45, 7) is 8.60. The third kappa shape index (κ3) is 4.02. The summed E-state index contributed by atoms with van der Waals surface area (Å²) in [6, 6.07) is 14.7. The SMILES string of the molecule is CC(NC(=O)CN1CCC(N)C(C)(C)C1)c1cccc2ccccc12. The molecule has 0 aliphatic carbocycles. The number of carbonyl (C=O) groups is 1. The van der Waals surface area contributed by atoms with Gasteiger partial charge in [0.15, 0.2) is 0 Å². The van der Waals surface area contributed by atoms with Crippen LogP contribution in [0.5, 0.6) is 0 Å². The molecule has 0 spiro atoms. The Morgan fingerprint density at radius 1 is 1.28 bits per heavy atom. The molecule has 0 aromatic heterocycles. The highest BCUT2D eigenvalue weighted by Gasteiger charge is 2.34. The number of rotatable bonds is 4. The largest absolute Gasteiger partial charge is 0.348 e. The number of nitrogens with zero attached hydrogens (tertiary/aromatic N) is 1. The van der Waals surface area contributed by atoms with Crippen molar-refractivity contribution in [1.29, 1.82) is 0 Å². The predicted molar refractivity (Wildman–Crippen MR) is 103 cm³/mol. The molecular weight excluding hydrogens is 310 g/mol. The molecule has 25 heavy (non-hydrogen) atoms. The molecule has 1 heterocycles.